The maximum Gasteiger partial charge on any atom is 0.228 e. The van der Waals surface area contributed by atoms with Gasteiger partial charge in [0.15, 0.2) is 0 Å². The van der Waals surface area contributed by atoms with E-state index in [9.17, 15) is 4.79 Å². The highest BCUT2D eigenvalue weighted by Crippen LogP contribution is 2.25. The molecule has 0 saturated heterocycles. The third-order valence-corrected chi connectivity index (χ3v) is 3.08. The second-order valence-corrected chi connectivity index (χ2v) is 4.49. The second kappa shape index (κ2) is 6.65. The molecule has 1 amide bonds. The van der Waals surface area contributed by atoms with Crippen LogP contribution in [-0.4, -0.2) is 20.1 Å². The molecule has 0 aliphatic carbocycles. The molecule has 21 heavy (non-hydrogen) atoms. The molecule has 2 rings (SSSR count). The number of carbonyl (C=O) groups excluding carboxylic acids is 1. The monoisotopic (exact) mass is 286 g/mol. The van der Waals surface area contributed by atoms with Crippen molar-refractivity contribution in [1.82, 2.24) is 0 Å². The molecule has 0 aliphatic heterocycles. The fourth-order valence-electron chi connectivity index (χ4n) is 1.99. The fraction of sp³-hybridized carbons (Fsp3) is 0.188. The number of hydrogen-bond donors (Lipinski definition) is 2. The SMILES string of the molecule is COc1ccc(N)c(NC(=O)Cc2ccccc2OC)c1. The lowest BCUT2D eigenvalue weighted by Gasteiger charge is -2.11. The van der Waals surface area contributed by atoms with E-state index in [1.807, 2.05) is 24.3 Å². The van der Waals surface area contributed by atoms with Gasteiger partial charge in [-0.2, -0.15) is 0 Å². The molecule has 0 aromatic heterocycles. The van der Waals surface area contributed by atoms with E-state index < -0.39 is 0 Å². The van der Waals surface area contributed by atoms with E-state index in [2.05, 4.69) is 5.32 Å². The van der Waals surface area contributed by atoms with E-state index >= 15 is 0 Å². The molecule has 0 fully saturated rings. The Bertz CT molecular complexity index is 641. The number of nitrogens with two attached hydrogens (primary N) is 1. The summed E-state index contributed by atoms with van der Waals surface area (Å²) in [5, 5.41) is 2.79. The number of methoxy groups -OCH3 is 2. The van der Waals surface area contributed by atoms with Crippen LogP contribution in [0.25, 0.3) is 0 Å². The number of carbonyl (C=O) groups is 1. The first-order valence-corrected chi connectivity index (χ1v) is 6.49. The molecule has 0 heterocycles. The maximum absolute atomic E-state index is 12.1. The van der Waals surface area contributed by atoms with Gasteiger partial charge in [0.25, 0.3) is 0 Å². The largest absolute Gasteiger partial charge is 0.497 e. The normalized spacial score (nSPS) is 10.0. The van der Waals surface area contributed by atoms with Gasteiger partial charge in [-0.1, -0.05) is 18.2 Å². The van der Waals surface area contributed by atoms with E-state index in [1.54, 1.807) is 32.4 Å². The van der Waals surface area contributed by atoms with Crippen LogP contribution < -0.4 is 20.5 Å². The van der Waals surface area contributed by atoms with Crippen molar-refractivity contribution in [3.8, 4) is 11.5 Å². The molecule has 0 atom stereocenters. The summed E-state index contributed by atoms with van der Waals surface area (Å²) >= 11 is 0. The molecule has 3 N–H and O–H groups in total. The van der Waals surface area contributed by atoms with Crippen LogP contribution >= 0.6 is 0 Å². The number of anilines is 2. The average Bonchev–Trinajstić information content (AvgIpc) is 2.50. The summed E-state index contributed by atoms with van der Waals surface area (Å²) in [5.74, 6) is 1.16. The van der Waals surface area contributed by atoms with Crippen molar-refractivity contribution < 1.29 is 14.3 Å². The number of para-hydroxylation sites is 1. The van der Waals surface area contributed by atoms with Crippen LogP contribution in [-0.2, 0) is 11.2 Å². The topological polar surface area (TPSA) is 73.6 Å². The number of ether oxygens (including phenoxy) is 2. The van der Waals surface area contributed by atoms with Crippen molar-refractivity contribution in [2.45, 2.75) is 6.42 Å². The van der Waals surface area contributed by atoms with Gasteiger partial charge in [0.1, 0.15) is 11.5 Å². The van der Waals surface area contributed by atoms with Gasteiger partial charge in [0.05, 0.1) is 32.0 Å². The van der Waals surface area contributed by atoms with Gasteiger partial charge in [-0.3, -0.25) is 4.79 Å². The predicted octanol–water partition coefficient (Wildman–Crippen LogP) is 2.47. The summed E-state index contributed by atoms with van der Waals surface area (Å²) in [6.07, 6.45) is 0.209. The summed E-state index contributed by atoms with van der Waals surface area (Å²) in [4.78, 5) is 12.1. The molecule has 0 radical (unpaired) electrons. The van der Waals surface area contributed by atoms with Crippen LogP contribution in [0.2, 0.25) is 0 Å². The summed E-state index contributed by atoms with van der Waals surface area (Å²) in [6, 6.07) is 12.5. The minimum Gasteiger partial charge on any atom is -0.497 e. The Kier molecular flexibility index (Phi) is 4.66. The molecule has 2 aromatic rings. The zero-order valence-corrected chi connectivity index (χ0v) is 12.1. The van der Waals surface area contributed by atoms with Gasteiger partial charge in [-0.25, -0.2) is 0 Å². The highest BCUT2D eigenvalue weighted by atomic mass is 16.5. The lowest BCUT2D eigenvalue weighted by Crippen LogP contribution is -2.16. The maximum atomic E-state index is 12.1. The first-order valence-electron chi connectivity index (χ1n) is 6.49. The molecule has 2 aromatic carbocycles. The van der Waals surface area contributed by atoms with Gasteiger partial charge in [0, 0.05) is 11.6 Å². The van der Waals surface area contributed by atoms with Crippen molar-refractivity contribution in [3.05, 3.63) is 48.0 Å². The zero-order valence-electron chi connectivity index (χ0n) is 12.1. The number of nitrogens with one attached hydrogen (secondary N) is 1. The molecular formula is C16H18N2O3. The molecule has 5 nitrogen and oxygen atoms in total. The third-order valence-electron chi connectivity index (χ3n) is 3.08. The minimum absolute atomic E-state index is 0.167. The van der Waals surface area contributed by atoms with E-state index in [4.69, 9.17) is 15.2 Å². The van der Waals surface area contributed by atoms with Crippen LogP contribution in [0.4, 0.5) is 11.4 Å². The Hall–Kier alpha value is -2.69. The highest BCUT2D eigenvalue weighted by molar-refractivity contribution is 5.95. The van der Waals surface area contributed by atoms with Crippen molar-refractivity contribution in [1.29, 1.82) is 0 Å². The summed E-state index contributed by atoms with van der Waals surface area (Å²) < 4.78 is 10.4. The van der Waals surface area contributed by atoms with Crippen molar-refractivity contribution >= 4 is 17.3 Å². The molecule has 0 spiro atoms. The van der Waals surface area contributed by atoms with Crippen LogP contribution in [0.1, 0.15) is 5.56 Å². The number of hydrogen-bond acceptors (Lipinski definition) is 4. The van der Waals surface area contributed by atoms with E-state index in [0.717, 1.165) is 5.56 Å². The third kappa shape index (κ3) is 3.66. The number of nitrogen functional groups attached to an aromatic ring is 1. The van der Waals surface area contributed by atoms with Gasteiger partial charge in [-0.15, -0.1) is 0 Å². The lowest BCUT2D eigenvalue weighted by molar-refractivity contribution is -0.115. The quantitative estimate of drug-likeness (QED) is 0.828. The second-order valence-electron chi connectivity index (χ2n) is 4.49. The summed E-state index contributed by atoms with van der Waals surface area (Å²) in [6.45, 7) is 0. The molecule has 0 aliphatic rings. The summed E-state index contributed by atoms with van der Waals surface area (Å²) in [5.41, 5.74) is 7.69. The average molecular weight is 286 g/mol. The molecular weight excluding hydrogens is 268 g/mol. The standard InChI is InChI=1S/C16H18N2O3/c1-20-12-7-8-13(17)14(10-12)18-16(19)9-11-5-3-4-6-15(11)21-2/h3-8,10H,9,17H2,1-2H3,(H,18,19). The van der Waals surface area contributed by atoms with Gasteiger partial charge in [-0.05, 0) is 18.2 Å². The first kappa shape index (κ1) is 14.7. The van der Waals surface area contributed by atoms with Crippen LogP contribution in [0.5, 0.6) is 11.5 Å². The molecule has 0 unspecified atom stereocenters. The summed E-state index contributed by atoms with van der Waals surface area (Å²) in [7, 11) is 3.14. The smallest absolute Gasteiger partial charge is 0.228 e. The van der Waals surface area contributed by atoms with Crippen molar-refractivity contribution in [2.24, 2.45) is 0 Å². The van der Waals surface area contributed by atoms with E-state index in [1.165, 1.54) is 0 Å². The predicted molar refractivity (Wildman–Crippen MR) is 82.7 cm³/mol. The Morgan fingerprint density at radius 3 is 2.62 bits per heavy atom. The van der Waals surface area contributed by atoms with Crippen LogP contribution in [0.3, 0.4) is 0 Å². The number of rotatable bonds is 5. The Balaban J connectivity index is 2.11. The molecule has 0 bridgehead atoms. The van der Waals surface area contributed by atoms with Gasteiger partial charge >= 0.3 is 0 Å². The van der Waals surface area contributed by atoms with Crippen LogP contribution in [0, 0.1) is 0 Å². The van der Waals surface area contributed by atoms with Gasteiger partial charge < -0.3 is 20.5 Å². The van der Waals surface area contributed by atoms with E-state index in [-0.39, 0.29) is 12.3 Å². The van der Waals surface area contributed by atoms with Crippen LogP contribution in [0.15, 0.2) is 42.5 Å². The molecule has 5 heteroatoms. The Morgan fingerprint density at radius 1 is 1.14 bits per heavy atom. The zero-order chi connectivity index (χ0) is 15.2. The Labute approximate surface area is 123 Å². The van der Waals surface area contributed by atoms with Crippen molar-refractivity contribution in [3.63, 3.8) is 0 Å². The Morgan fingerprint density at radius 2 is 1.90 bits per heavy atom. The first-order chi connectivity index (χ1) is 10.1. The minimum atomic E-state index is -0.167. The highest BCUT2D eigenvalue weighted by Gasteiger charge is 2.10. The molecule has 0 saturated carbocycles. The van der Waals surface area contributed by atoms with Crippen molar-refractivity contribution in [2.75, 3.05) is 25.3 Å². The number of amides is 1. The molecule has 110 valence electrons. The lowest BCUT2D eigenvalue weighted by atomic mass is 10.1. The number of benzene rings is 2. The van der Waals surface area contributed by atoms with E-state index in [0.29, 0.717) is 22.9 Å². The van der Waals surface area contributed by atoms with Gasteiger partial charge in [0.2, 0.25) is 5.91 Å². The fourth-order valence-corrected chi connectivity index (χ4v) is 1.99.